The van der Waals surface area contributed by atoms with Crippen molar-refractivity contribution in [3.05, 3.63) is 84.0 Å². The van der Waals surface area contributed by atoms with E-state index >= 15 is 0 Å². The Balaban J connectivity index is 1.40. The predicted octanol–water partition coefficient (Wildman–Crippen LogP) is 4.06. The van der Waals surface area contributed by atoms with Gasteiger partial charge in [-0.2, -0.15) is 4.98 Å². The molecule has 2 amide bonds. The van der Waals surface area contributed by atoms with Gasteiger partial charge < -0.3 is 24.6 Å². The highest BCUT2D eigenvalue weighted by Gasteiger charge is 2.13. The normalized spacial score (nSPS) is 10.5. The van der Waals surface area contributed by atoms with Crippen LogP contribution in [0, 0.1) is 0 Å². The summed E-state index contributed by atoms with van der Waals surface area (Å²) in [6.45, 7) is 0.327. The number of carbonyl (C=O) groups is 1. The molecule has 0 aliphatic heterocycles. The van der Waals surface area contributed by atoms with Crippen LogP contribution in [0.25, 0.3) is 11.4 Å². The number of anilines is 1. The number of methoxy groups -OCH3 is 2. The molecule has 0 saturated heterocycles. The number of benzene rings is 2. The third kappa shape index (κ3) is 5.45. The first-order chi connectivity index (χ1) is 16.2. The van der Waals surface area contributed by atoms with Gasteiger partial charge in [-0.1, -0.05) is 29.4 Å². The van der Waals surface area contributed by atoms with Crippen LogP contribution >= 0.6 is 0 Å². The Labute approximate surface area is 190 Å². The number of nitrogens with one attached hydrogen (secondary N) is 2. The topological polar surface area (TPSA) is 111 Å². The molecule has 2 aromatic carbocycles. The highest BCUT2D eigenvalue weighted by atomic mass is 16.5. The van der Waals surface area contributed by atoms with E-state index < -0.39 is 0 Å². The first kappa shape index (κ1) is 21.8. The van der Waals surface area contributed by atoms with Crippen LogP contribution in [0.1, 0.15) is 17.0 Å². The minimum Gasteiger partial charge on any atom is -0.493 e. The SMILES string of the molecule is COc1ccc(CNC(=O)Nc2ccccc2Cc2nc(-c3ccncc3)no2)cc1OC. The van der Waals surface area contributed by atoms with Crippen LogP contribution in [-0.2, 0) is 13.0 Å². The van der Waals surface area contributed by atoms with E-state index in [4.69, 9.17) is 14.0 Å². The van der Waals surface area contributed by atoms with Crippen LogP contribution in [0.5, 0.6) is 11.5 Å². The molecule has 168 valence electrons. The van der Waals surface area contributed by atoms with Crippen molar-refractivity contribution in [2.24, 2.45) is 0 Å². The van der Waals surface area contributed by atoms with Gasteiger partial charge in [0, 0.05) is 30.2 Å². The third-order valence-electron chi connectivity index (χ3n) is 4.91. The standard InChI is InChI=1S/C24H23N5O4/c1-31-20-8-7-16(13-21(20)32-2)15-26-24(30)27-19-6-4-3-5-18(19)14-22-28-23(29-33-22)17-9-11-25-12-10-17/h3-13H,14-15H2,1-2H3,(H2,26,27,30). The average Bonchev–Trinajstić information content (AvgIpc) is 3.33. The van der Waals surface area contributed by atoms with Crippen molar-refractivity contribution in [3.63, 3.8) is 0 Å². The van der Waals surface area contributed by atoms with E-state index in [1.165, 1.54) is 0 Å². The molecule has 0 radical (unpaired) electrons. The molecule has 2 N–H and O–H groups in total. The van der Waals surface area contributed by atoms with Crippen molar-refractivity contribution in [1.82, 2.24) is 20.4 Å². The first-order valence-corrected chi connectivity index (χ1v) is 10.2. The second-order valence-corrected chi connectivity index (χ2v) is 7.08. The Morgan fingerprint density at radius 1 is 1.00 bits per heavy atom. The van der Waals surface area contributed by atoms with E-state index in [0.29, 0.717) is 41.9 Å². The van der Waals surface area contributed by atoms with E-state index in [2.05, 4.69) is 25.8 Å². The first-order valence-electron chi connectivity index (χ1n) is 10.2. The lowest BCUT2D eigenvalue weighted by molar-refractivity contribution is 0.251. The second-order valence-electron chi connectivity index (χ2n) is 7.08. The Kier molecular flexibility index (Phi) is 6.79. The zero-order valence-corrected chi connectivity index (χ0v) is 18.2. The predicted molar refractivity (Wildman–Crippen MR) is 122 cm³/mol. The van der Waals surface area contributed by atoms with Crippen molar-refractivity contribution in [2.45, 2.75) is 13.0 Å². The molecule has 2 heterocycles. The fourth-order valence-electron chi connectivity index (χ4n) is 3.24. The zero-order valence-electron chi connectivity index (χ0n) is 18.2. The molecule has 0 bridgehead atoms. The summed E-state index contributed by atoms with van der Waals surface area (Å²) < 4.78 is 15.9. The molecule has 0 unspecified atom stereocenters. The molecule has 0 spiro atoms. The molecule has 0 atom stereocenters. The van der Waals surface area contributed by atoms with E-state index in [1.807, 2.05) is 48.5 Å². The summed E-state index contributed by atoms with van der Waals surface area (Å²) >= 11 is 0. The van der Waals surface area contributed by atoms with Gasteiger partial charge in [-0.15, -0.1) is 0 Å². The number of rotatable bonds is 8. The molecule has 0 aliphatic rings. The van der Waals surface area contributed by atoms with Gasteiger partial charge in [0.2, 0.25) is 11.7 Å². The highest BCUT2D eigenvalue weighted by Crippen LogP contribution is 2.27. The lowest BCUT2D eigenvalue weighted by Gasteiger charge is -2.12. The number of hydrogen-bond donors (Lipinski definition) is 2. The Hall–Kier alpha value is -4.40. The maximum atomic E-state index is 12.5. The summed E-state index contributed by atoms with van der Waals surface area (Å²) in [5.74, 6) is 2.17. The quantitative estimate of drug-likeness (QED) is 0.421. The molecule has 0 fully saturated rings. The molecule has 0 aliphatic carbocycles. The van der Waals surface area contributed by atoms with Crippen molar-refractivity contribution in [1.29, 1.82) is 0 Å². The van der Waals surface area contributed by atoms with Gasteiger partial charge in [0.25, 0.3) is 0 Å². The number of aromatic nitrogens is 3. The van der Waals surface area contributed by atoms with E-state index in [0.717, 1.165) is 16.7 Å². The molecule has 9 nitrogen and oxygen atoms in total. The van der Waals surface area contributed by atoms with Gasteiger partial charge in [-0.05, 0) is 41.5 Å². The Bertz CT molecular complexity index is 1230. The average molecular weight is 445 g/mol. The minimum absolute atomic E-state index is 0.327. The van der Waals surface area contributed by atoms with Gasteiger partial charge in [0.1, 0.15) is 0 Å². The number of pyridine rings is 1. The maximum Gasteiger partial charge on any atom is 0.319 e. The number of ether oxygens (including phenoxy) is 2. The summed E-state index contributed by atoms with van der Waals surface area (Å²) in [7, 11) is 3.15. The summed E-state index contributed by atoms with van der Waals surface area (Å²) in [5.41, 5.74) is 3.21. The monoisotopic (exact) mass is 445 g/mol. The fourth-order valence-corrected chi connectivity index (χ4v) is 3.24. The lowest BCUT2D eigenvalue weighted by Crippen LogP contribution is -2.28. The van der Waals surface area contributed by atoms with Gasteiger partial charge >= 0.3 is 6.03 Å². The van der Waals surface area contributed by atoms with Crippen LogP contribution < -0.4 is 20.1 Å². The molecule has 2 aromatic heterocycles. The second kappa shape index (κ2) is 10.3. The van der Waals surface area contributed by atoms with Crippen LogP contribution in [0.15, 0.2) is 71.5 Å². The van der Waals surface area contributed by atoms with Gasteiger partial charge in [-0.25, -0.2) is 4.79 Å². The molecule has 0 saturated carbocycles. The van der Waals surface area contributed by atoms with Crippen molar-refractivity contribution < 1.29 is 18.8 Å². The molecular formula is C24H23N5O4. The Morgan fingerprint density at radius 3 is 2.58 bits per heavy atom. The number of carbonyl (C=O) groups excluding carboxylic acids is 1. The third-order valence-corrected chi connectivity index (χ3v) is 4.91. The minimum atomic E-state index is -0.333. The van der Waals surface area contributed by atoms with E-state index in [1.54, 1.807) is 32.7 Å². The largest absolute Gasteiger partial charge is 0.493 e. The maximum absolute atomic E-state index is 12.5. The van der Waals surface area contributed by atoms with E-state index in [-0.39, 0.29) is 6.03 Å². The number of para-hydroxylation sites is 1. The molecular weight excluding hydrogens is 422 g/mol. The highest BCUT2D eigenvalue weighted by molar-refractivity contribution is 5.90. The van der Waals surface area contributed by atoms with Crippen LogP contribution in [0.3, 0.4) is 0 Å². The van der Waals surface area contributed by atoms with Gasteiger partial charge in [0.05, 0.1) is 20.6 Å². The molecule has 4 aromatic rings. The summed E-state index contributed by atoms with van der Waals surface area (Å²) in [6, 6.07) is 16.2. The lowest BCUT2D eigenvalue weighted by atomic mass is 10.1. The summed E-state index contributed by atoms with van der Waals surface area (Å²) in [4.78, 5) is 21.0. The van der Waals surface area contributed by atoms with E-state index in [9.17, 15) is 4.79 Å². The summed E-state index contributed by atoms with van der Waals surface area (Å²) in [6.07, 6.45) is 3.72. The van der Waals surface area contributed by atoms with Crippen LogP contribution in [0.2, 0.25) is 0 Å². The number of urea groups is 1. The van der Waals surface area contributed by atoms with Gasteiger partial charge in [-0.3, -0.25) is 4.98 Å². The molecule has 33 heavy (non-hydrogen) atoms. The Morgan fingerprint density at radius 2 is 1.79 bits per heavy atom. The zero-order chi connectivity index (χ0) is 23.0. The van der Waals surface area contributed by atoms with Crippen molar-refractivity contribution >= 4 is 11.7 Å². The molecule has 9 heteroatoms. The number of hydrogen-bond acceptors (Lipinski definition) is 7. The van der Waals surface area contributed by atoms with Gasteiger partial charge in [0.15, 0.2) is 11.5 Å². The summed E-state index contributed by atoms with van der Waals surface area (Å²) in [5, 5.41) is 9.77. The number of amides is 2. The van der Waals surface area contributed by atoms with Crippen molar-refractivity contribution in [2.75, 3.05) is 19.5 Å². The van der Waals surface area contributed by atoms with Crippen LogP contribution in [-0.4, -0.2) is 35.4 Å². The van der Waals surface area contributed by atoms with Crippen molar-refractivity contribution in [3.8, 4) is 22.9 Å². The van der Waals surface area contributed by atoms with Crippen LogP contribution in [0.4, 0.5) is 10.5 Å². The fraction of sp³-hybridized carbons (Fsp3) is 0.167. The number of nitrogens with zero attached hydrogens (tertiary/aromatic N) is 3. The smallest absolute Gasteiger partial charge is 0.319 e. The molecule has 4 rings (SSSR count).